The van der Waals surface area contributed by atoms with E-state index in [1.54, 1.807) is 34.7 Å². The van der Waals surface area contributed by atoms with Crippen molar-refractivity contribution < 1.29 is 13.5 Å². The maximum Gasteiger partial charge on any atom is 0.206 e. The molecule has 0 aliphatic heterocycles. The van der Waals surface area contributed by atoms with Gasteiger partial charge in [0.05, 0.1) is 0 Å². The van der Waals surface area contributed by atoms with Crippen molar-refractivity contribution in [2.75, 3.05) is 6.26 Å². The molecule has 0 aliphatic carbocycles. The minimum absolute atomic E-state index is 0.572. The first-order valence-electron chi connectivity index (χ1n) is 4.48. The van der Waals surface area contributed by atoms with Crippen LogP contribution in [0, 0.1) is 6.92 Å². The van der Waals surface area contributed by atoms with Crippen molar-refractivity contribution in [1.82, 2.24) is 0 Å². The summed E-state index contributed by atoms with van der Waals surface area (Å²) in [5.41, 5.74) is 1.63. The van der Waals surface area contributed by atoms with E-state index in [-0.39, 0.29) is 0 Å². The lowest BCUT2D eigenvalue weighted by Gasteiger charge is -2.25. The van der Waals surface area contributed by atoms with Gasteiger partial charge < -0.3 is 5.11 Å². The number of hydrogen-bond acceptors (Lipinski definition) is 3. The van der Waals surface area contributed by atoms with Gasteiger partial charge in [0.1, 0.15) is 6.10 Å². The molecule has 1 rings (SSSR count). The van der Waals surface area contributed by atoms with Crippen LogP contribution in [0.1, 0.15) is 17.2 Å². The third-order valence-electron chi connectivity index (χ3n) is 2.21. The number of benzene rings is 1. The smallest absolute Gasteiger partial charge is 0.206 e. The number of halogens is 2. The molecule has 1 aromatic carbocycles. The third kappa shape index (κ3) is 2.96. The zero-order valence-corrected chi connectivity index (χ0v) is 13.4. The van der Waals surface area contributed by atoms with Crippen molar-refractivity contribution in [3.8, 4) is 0 Å². The summed E-state index contributed by atoms with van der Waals surface area (Å²) in [7, 11) is -3.41. The fourth-order valence-corrected chi connectivity index (χ4v) is 2.31. The van der Waals surface area contributed by atoms with Crippen LogP contribution < -0.4 is 0 Å². The molecule has 1 N–H and O–H groups in total. The van der Waals surface area contributed by atoms with E-state index in [1.165, 1.54) is 0 Å². The number of rotatable bonds is 3. The Labute approximate surface area is 117 Å². The van der Waals surface area contributed by atoms with E-state index in [4.69, 9.17) is 0 Å². The average Bonchev–Trinajstić information content (AvgIpc) is 2.16. The molecular formula is C10H12BrIO3S. The summed E-state index contributed by atoms with van der Waals surface area (Å²) in [6.45, 7) is 1.93. The highest BCUT2D eigenvalue weighted by Gasteiger charge is 2.43. The monoisotopic (exact) mass is 418 g/mol. The summed E-state index contributed by atoms with van der Waals surface area (Å²) in [5.74, 6) is 0. The second kappa shape index (κ2) is 4.91. The Morgan fingerprint density at radius 2 is 1.81 bits per heavy atom. The van der Waals surface area contributed by atoms with Crippen molar-refractivity contribution in [2.45, 2.75) is 14.7 Å². The van der Waals surface area contributed by atoms with Gasteiger partial charge >= 0.3 is 0 Å². The Kier molecular flexibility index (Phi) is 4.42. The van der Waals surface area contributed by atoms with Crippen LogP contribution >= 0.6 is 38.5 Å². The van der Waals surface area contributed by atoms with Crippen LogP contribution in [-0.2, 0) is 9.84 Å². The van der Waals surface area contributed by atoms with E-state index < -0.39 is 17.6 Å². The van der Waals surface area contributed by atoms with Gasteiger partial charge in [-0.15, -0.1) is 0 Å². The highest BCUT2D eigenvalue weighted by molar-refractivity contribution is 14.1. The van der Waals surface area contributed by atoms with Crippen LogP contribution in [0.4, 0.5) is 0 Å². The molecule has 1 aromatic rings. The van der Waals surface area contributed by atoms with Gasteiger partial charge in [-0.05, 0) is 35.1 Å². The molecule has 90 valence electrons. The largest absolute Gasteiger partial charge is 0.385 e. The lowest BCUT2D eigenvalue weighted by Crippen LogP contribution is -2.31. The molecule has 0 saturated carbocycles. The molecule has 0 bridgehead atoms. The first-order chi connectivity index (χ1) is 7.16. The molecule has 0 saturated heterocycles. The van der Waals surface area contributed by atoms with Gasteiger partial charge in [-0.2, -0.15) is 0 Å². The lowest BCUT2D eigenvalue weighted by molar-refractivity contribution is 0.191. The zero-order chi connectivity index (χ0) is 12.6. The molecule has 0 aliphatic rings. The normalized spacial score (nSPS) is 17.8. The average molecular weight is 419 g/mol. The molecule has 0 heterocycles. The summed E-state index contributed by atoms with van der Waals surface area (Å²) < 4.78 is 21.6. The van der Waals surface area contributed by atoms with Crippen LogP contribution in [0.3, 0.4) is 0 Å². The second-order valence-corrected chi connectivity index (χ2v) is 11.5. The Morgan fingerprint density at radius 1 is 1.38 bits per heavy atom. The summed E-state index contributed by atoms with van der Waals surface area (Å²) in [6.07, 6.45) is -0.0188. The van der Waals surface area contributed by atoms with Crippen LogP contribution in [0.25, 0.3) is 0 Å². The lowest BCUT2D eigenvalue weighted by atomic mass is 10.1. The number of aliphatic hydroxyl groups is 1. The zero-order valence-electron chi connectivity index (χ0n) is 8.81. The maximum absolute atomic E-state index is 11.5. The fraction of sp³-hybridized carbons (Fsp3) is 0.400. The van der Waals surface area contributed by atoms with Crippen molar-refractivity contribution in [3.05, 3.63) is 35.4 Å². The van der Waals surface area contributed by atoms with Crippen LogP contribution in [0.2, 0.25) is 0 Å². The van der Waals surface area contributed by atoms with Gasteiger partial charge in [0.25, 0.3) is 0 Å². The fourth-order valence-electron chi connectivity index (χ4n) is 1.15. The molecule has 0 radical (unpaired) electrons. The van der Waals surface area contributed by atoms with Gasteiger partial charge in [-0.3, -0.25) is 0 Å². The van der Waals surface area contributed by atoms with Crippen LogP contribution in [0.15, 0.2) is 24.3 Å². The number of alkyl halides is 2. The van der Waals surface area contributed by atoms with E-state index >= 15 is 0 Å². The number of sulfone groups is 1. The van der Waals surface area contributed by atoms with Crippen molar-refractivity contribution in [1.29, 1.82) is 0 Å². The Morgan fingerprint density at radius 3 is 2.19 bits per heavy atom. The first-order valence-corrected chi connectivity index (χ1v) is 8.24. The topological polar surface area (TPSA) is 54.4 Å². The molecule has 6 heteroatoms. The predicted molar refractivity (Wildman–Crippen MR) is 76.7 cm³/mol. The summed E-state index contributed by atoms with van der Waals surface area (Å²) >= 11 is 4.77. The van der Waals surface area contributed by atoms with E-state index in [1.807, 2.05) is 19.1 Å². The SMILES string of the molecule is Cc1ccc([C@H](O)[C@](Br)(I)S(C)(=O)=O)cc1. The summed E-state index contributed by atoms with van der Waals surface area (Å²) in [4.78, 5) is 0. The Balaban J connectivity index is 3.12. The van der Waals surface area contributed by atoms with Gasteiger partial charge in [0.2, 0.25) is 1.66 Å². The van der Waals surface area contributed by atoms with Gasteiger partial charge in [0.15, 0.2) is 9.84 Å². The molecule has 0 aromatic heterocycles. The highest BCUT2D eigenvalue weighted by Crippen LogP contribution is 2.44. The minimum atomic E-state index is -3.41. The van der Waals surface area contributed by atoms with Crippen LogP contribution in [-0.4, -0.2) is 21.4 Å². The third-order valence-corrected chi connectivity index (χ3v) is 8.61. The van der Waals surface area contributed by atoms with E-state index in [2.05, 4.69) is 15.9 Å². The van der Waals surface area contributed by atoms with Gasteiger partial charge in [0, 0.05) is 6.26 Å². The number of hydrogen-bond donors (Lipinski definition) is 1. The highest BCUT2D eigenvalue weighted by atomic mass is 127. The molecule has 0 amide bonds. The molecular weight excluding hydrogens is 407 g/mol. The van der Waals surface area contributed by atoms with Crippen molar-refractivity contribution in [3.63, 3.8) is 0 Å². The van der Waals surface area contributed by atoms with Crippen molar-refractivity contribution >= 4 is 48.4 Å². The molecule has 0 unspecified atom stereocenters. The quantitative estimate of drug-likeness (QED) is 0.606. The molecule has 3 nitrogen and oxygen atoms in total. The summed E-state index contributed by atoms with van der Waals surface area (Å²) in [6, 6.07) is 7.11. The molecule has 0 spiro atoms. The molecule has 2 atom stereocenters. The molecule has 0 fully saturated rings. The Hall–Kier alpha value is 0.340. The Bertz CT molecular complexity index is 467. The minimum Gasteiger partial charge on any atom is -0.385 e. The number of aryl methyl sites for hydroxylation is 1. The standard InChI is InChI=1S/C10H12BrIO3S/c1-7-3-5-8(6-4-7)9(13)10(11,12)16(2,14)15/h3-6,9,13H,1-2H3/t9-,10-/m0/s1. The van der Waals surface area contributed by atoms with Crippen molar-refractivity contribution in [2.24, 2.45) is 0 Å². The summed E-state index contributed by atoms with van der Waals surface area (Å²) in [5, 5.41) is 10.0. The van der Waals surface area contributed by atoms with E-state index in [9.17, 15) is 13.5 Å². The second-order valence-electron chi connectivity index (χ2n) is 3.65. The predicted octanol–water partition coefficient (Wildman–Crippen LogP) is 2.56. The maximum atomic E-state index is 11.5. The number of aliphatic hydroxyl groups excluding tert-OH is 1. The van der Waals surface area contributed by atoms with Gasteiger partial charge in [-0.1, -0.05) is 45.8 Å². The van der Waals surface area contributed by atoms with E-state index in [0.717, 1.165) is 11.8 Å². The van der Waals surface area contributed by atoms with E-state index in [0.29, 0.717) is 5.56 Å². The molecule has 16 heavy (non-hydrogen) atoms. The van der Waals surface area contributed by atoms with Gasteiger partial charge in [-0.25, -0.2) is 8.42 Å². The van der Waals surface area contributed by atoms with Crippen LogP contribution in [0.5, 0.6) is 0 Å². The first kappa shape index (κ1) is 14.4.